The van der Waals surface area contributed by atoms with Gasteiger partial charge in [-0.15, -0.1) is 0 Å². The molecule has 2 atom stereocenters. The largest absolute Gasteiger partial charge is 0.468 e. The van der Waals surface area contributed by atoms with Gasteiger partial charge in [-0.2, -0.15) is 0 Å². The molecule has 0 bridgehead atoms. The predicted octanol–water partition coefficient (Wildman–Crippen LogP) is 2.74. The molecule has 1 N–H and O–H groups in total. The Kier molecular flexibility index (Phi) is 6.65. The molecule has 0 aliphatic rings. The average Bonchev–Trinajstić information content (AvgIpc) is 2.25. The molecule has 0 rings (SSSR count). The Labute approximate surface area is 99.9 Å². The van der Waals surface area contributed by atoms with Crippen LogP contribution >= 0.6 is 0 Å². The lowest BCUT2D eigenvalue weighted by atomic mass is 9.84. The molecule has 0 aliphatic carbocycles. The average molecular weight is 229 g/mol. The van der Waals surface area contributed by atoms with Gasteiger partial charge in [-0.3, -0.25) is 10.1 Å². The van der Waals surface area contributed by atoms with E-state index in [0.29, 0.717) is 5.92 Å². The Morgan fingerprint density at radius 2 is 1.88 bits per heavy atom. The van der Waals surface area contributed by atoms with E-state index in [1.165, 1.54) is 7.11 Å². The number of methoxy groups -OCH3 is 1. The van der Waals surface area contributed by atoms with Crippen LogP contribution in [0.3, 0.4) is 0 Å². The van der Waals surface area contributed by atoms with E-state index < -0.39 is 5.54 Å². The van der Waals surface area contributed by atoms with Crippen LogP contribution in [0, 0.1) is 5.92 Å². The quantitative estimate of drug-likeness (QED) is 0.682. The monoisotopic (exact) mass is 229 g/mol. The smallest absolute Gasteiger partial charge is 0.326 e. The number of hydrogen-bond donors (Lipinski definition) is 1. The van der Waals surface area contributed by atoms with E-state index in [1.54, 1.807) is 0 Å². The van der Waals surface area contributed by atoms with Crippen molar-refractivity contribution < 1.29 is 9.53 Å². The normalized spacial score (nSPS) is 16.9. The molecule has 0 radical (unpaired) electrons. The number of esters is 1. The number of hydrogen-bond acceptors (Lipinski definition) is 3. The van der Waals surface area contributed by atoms with Gasteiger partial charge < -0.3 is 4.74 Å². The summed E-state index contributed by atoms with van der Waals surface area (Å²) >= 11 is 0. The molecule has 0 aromatic rings. The van der Waals surface area contributed by atoms with Gasteiger partial charge in [0.1, 0.15) is 5.54 Å². The predicted molar refractivity (Wildman–Crippen MR) is 67.4 cm³/mol. The Morgan fingerprint density at radius 1 is 1.31 bits per heavy atom. The summed E-state index contributed by atoms with van der Waals surface area (Å²) in [5.41, 5.74) is -0.516. The standard InChI is InChI=1S/C13H27NO2/c1-7-11(5)9-13(8-2,12(15)16-6)14-10(3)4/h10-11,14H,7-9H2,1-6H3. The van der Waals surface area contributed by atoms with Crippen LogP contribution in [0.4, 0.5) is 0 Å². The van der Waals surface area contributed by atoms with Crippen LogP contribution in [0.2, 0.25) is 0 Å². The van der Waals surface area contributed by atoms with Crippen LogP contribution in [0.1, 0.15) is 53.9 Å². The highest BCUT2D eigenvalue weighted by atomic mass is 16.5. The summed E-state index contributed by atoms with van der Waals surface area (Å²) in [5.74, 6) is 0.384. The molecule has 2 unspecified atom stereocenters. The topological polar surface area (TPSA) is 38.3 Å². The van der Waals surface area contributed by atoms with Crippen LogP contribution < -0.4 is 5.32 Å². The van der Waals surface area contributed by atoms with Crippen LogP contribution in [-0.4, -0.2) is 24.7 Å². The van der Waals surface area contributed by atoms with E-state index in [2.05, 4.69) is 33.0 Å². The number of carbonyl (C=O) groups is 1. The molecule has 3 nitrogen and oxygen atoms in total. The summed E-state index contributed by atoms with van der Waals surface area (Å²) in [5, 5.41) is 3.38. The minimum Gasteiger partial charge on any atom is -0.468 e. The van der Waals surface area contributed by atoms with Crippen LogP contribution in [0.5, 0.6) is 0 Å². The number of ether oxygens (including phenoxy) is 1. The van der Waals surface area contributed by atoms with Gasteiger partial charge in [-0.05, 0) is 32.6 Å². The van der Waals surface area contributed by atoms with Crippen molar-refractivity contribution in [1.82, 2.24) is 5.32 Å². The Bertz CT molecular complexity index is 216. The fourth-order valence-corrected chi connectivity index (χ4v) is 2.08. The van der Waals surface area contributed by atoms with Crippen LogP contribution in [0.15, 0.2) is 0 Å². The van der Waals surface area contributed by atoms with Crippen LogP contribution in [-0.2, 0) is 9.53 Å². The molecule has 96 valence electrons. The molecule has 0 spiro atoms. The van der Waals surface area contributed by atoms with Gasteiger partial charge in [0.25, 0.3) is 0 Å². The lowest BCUT2D eigenvalue weighted by molar-refractivity contribution is -0.150. The number of carbonyl (C=O) groups excluding carboxylic acids is 1. The summed E-state index contributed by atoms with van der Waals surface area (Å²) < 4.78 is 4.95. The first kappa shape index (κ1) is 15.4. The Morgan fingerprint density at radius 3 is 2.19 bits per heavy atom. The first-order valence-corrected chi connectivity index (χ1v) is 6.28. The maximum atomic E-state index is 12.0. The van der Waals surface area contributed by atoms with Crippen molar-refractivity contribution in [1.29, 1.82) is 0 Å². The molecule has 0 aromatic carbocycles. The maximum Gasteiger partial charge on any atom is 0.326 e. The Balaban J connectivity index is 4.87. The molecule has 0 heterocycles. The van der Waals surface area contributed by atoms with Crippen molar-refractivity contribution in [3.8, 4) is 0 Å². The maximum absolute atomic E-state index is 12.0. The first-order valence-electron chi connectivity index (χ1n) is 6.28. The fraction of sp³-hybridized carbons (Fsp3) is 0.923. The third-order valence-corrected chi connectivity index (χ3v) is 3.14. The molecule has 0 saturated heterocycles. The molecule has 0 saturated carbocycles. The molecular weight excluding hydrogens is 202 g/mol. The van der Waals surface area contributed by atoms with Crippen molar-refractivity contribution in [2.24, 2.45) is 5.92 Å². The third kappa shape index (κ3) is 4.12. The summed E-state index contributed by atoms with van der Waals surface area (Å²) in [6.45, 7) is 10.5. The highest BCUT2D eigenvalue weighted by Gasteiger charge is 2.38. The molecule has 3 heteroatoms. The van der Waals surface area contributed by atoms with E-state index >= 15 is 0 Å². The van der Waals surface area contributed by atoms with Gasteiger partial charge in [-0.1, -0.05) is 27.2 Å². The van der Waals surface area contributed by atoms with Crippen molar-refractivity contribution in [3.05, 3.63) is 0 Å². The summed E-state index contributed by atoms with van der Waals surface area (Å²) in [4.78, 5) is 12.0. The summed E-state index contributed by atoms with van der Waals surface area (Å²) in [6.07, 6.45) is 2.69. The Hall–Kier alpha value is -0.570. The molecular formula is C13H27NO2. The number of rotatable bonds is 7. The zero-order valence-corrected chi connectivity index (χ0v) is 11.6. The molecule has 0 aliphatic heterocycles. The second-order valence-corrected chi connectivity index (χ2v) is 4.94. The first-order chi connectivity index (χ1) is 7.41. The zero-order chi connectivity index (χ0) is 12.8. The second kappa shape index (κ2) is 6.89. The third-order valence-electron chi connectivity index (χ3n) is 3.14. The number of nitrogens with one attached hydrogen (secondary N) is 1. The van der Waals surface area contributed by atoms with Crippen molar-refractivity contribution >= 4 is 5.97 Å². The van der Waals surface area contributed by atoms with Gasteiger partial charge in [0.15, 0.2) is 0 Å². The molecule has 0 amide bonds. The minimum absolute atomic E-state index is 0.135. The van der Waals surface area contributed by atoms with Crippen LogP contribution in [0.25, 0.3) is 0 Å². The van der Waals surface area contributed by atoms with Crippen molar-refractivity contribution in [3.63, 3.8) is 0 Å². The van der Waals surface area contributed by atoms with Gasteiger partial charge >= 0.3 is 5.97 Å². The lowest BCUT2D eigenvalue weighted by Crippen LogP contribution is -2.55. The zero-order valence-electron chi connectivity index (χ0n) is 11.6. The fourth-order valence-electron chi connectivity index (χ4n) is 2.08. The van der Waals surface area contributed by atoms with Gasteiger partial charge in [-0.25, -0.2) is 0 Å². The highest BCUT2D eigenvalue weighted by molar-refractivity contribution is 5.80. The highest BCUT2D eigenvalue weighted by Crippen LogP contribution is 2.25. The molecule has 0 fully saturated rings. The van der Waals surface area contributed by atoms with E-state index in [4.69, 9.17) is 4.74 Å². The molecule has 16 heavy (non-hydrogen) atoms. The minimum atomic E-state index is -0.516. The molecule has 0 aromatic heterocycles. The van der Waals surface area contributed by atoms with Crippen molar-refractivity contribution in [2.45, 2.75) is 65.5 Å². The van der Waals surface area contributed by atoms with E-state index in [0.717, 1.165) is 19.3 Å². The van der Waals surface area contributed by atoms with E-state index in [9.17, 15) is 4.79 Å². The lowest BCUT2D eigenvalue weighted by Gasteiger charge is -2.35. The van der Waals surface area contributed by atoms with Gasteiger partial charge in [0.05, 0.1) is 7.11 Å². The van der Waals surface area contributed by atoms with E-state index in [-0.39, 0.29) is 12.0 Å². The van der Waals surface area contributed by atoms with Gasteiger partial charge in [0.2, 0.25) is 0 Å². The SMILES string of the molecule is CCC(C)CC(CC)(NC(C)C)C(=O)OC. The summed E-state index contributed by atoms with van der Waals surface area (Å²) in [6, 6.07) is 0.281. The summed E-state index contributed by atoms with van der Waals surface area (Å²) in [7, 11) is 1.46. The second-order valence-electron chi connectivity index (χ2n) is 4.94. The van der Waals surface area contributed by atoms with E-state index in [1.807, 2.05) is 6.92 Å². The van der Waals surface area contributed by atoms with Crippen molar-refractivity contribution in [2.75, 3.05) is 7.11 Å². The van der Waals surface area contributed by atoms with Gasteiger partial charge in [0, 0.05) is 6.04 Å².